The van der Waals surface area contributed by atoms with Gasteiger partial charge in [0, 0.05) is 0 Å². The lowest BCUT2D eigenvalue weighted by molar-refractivity contribution is 0.155. The highest BCUT2D eigenvalue weighted by molar-refractivity contribution is 7.78. The van der Waals surface area contributed by atoms with Crippen LogP contribution in [0.1, 0.15) is 96.9 Å². The Morgan fingerprint density at radius 2 is 0.605 bits per heavy atom. The summed E-state index contributed by atoms with van der Waals surface area (Å²) >= 11 is 0. The van der Waals surface area contributed by atoms with E-state index in [2.05, 4.69) is 0 Å². The first kappa shape index (κ1) is 38.8. The zero-order valence-corrected chi connectivity index (χ0v) is 31.8. The molecule has 0 saturated heterocycles. The third kappa shape index (κ3) is 12.8. The third-order valence-corrected chi connectivity index (χ3v) is 16.9. The van der Waals surface area contributed by atoms with Gasteiger partial charge in [0.2, 0.25) is 0 Å². The topological polar surface area (TPSA) is 123 Å². The highest BCUT2D eigenvalue weighted by Crippen LogP contribution is 2.81. The summed E-state index contributed by atoms with van der Waals surface area (Å²) < 4.78 is 73.3. The van der Waals surface area contributed by atoms with E-state index in [9.17, 15) is 0 Å². The zero-order valence-electron chi connectivity index (χ0n) is 28.3. The molecular weight excluding hydrogens is 632 g/mol. The highest BCUT2D eigenvalue weighted by Gasteiger charge is 2.46. The minimum atomic E-state index is -3.76. The number of hydrogen-bond donors (Lipinski definition) is 0. The fourth-order valence-corrected chi connectivity index (χ4v) is 17.1. The van der Waals surface area contributed by atoms with Crippen LogP contribution in [-0.2, 0) is 31.7 Å². The van der Waals surface area contributed by atoms with Crippen molar-refractivity contribution in [2.45, 2.75) is 140 Å². The lowest BCUT2D eigenvalue weighted by Gasteiger charge is -2.36. The molecule has 0 aliphatic carbocycles. The molecule has 2 rings (SSSR count). The maximum absolute atomic E-state index is 6.66. The van der Waals surface area contributed by atoms with Gasteiger partial charge in [-0.05, 0) is 109 Å². The largest absolute Gasteiger partial charge is 0.422 e. The van der Waals surface area contributed by atoms with Crippen LogP contribution in [0.25, 0.3) is 0 Å². The normalized spacial score (nSPS) is 21.5. The van der Waals surface area contributed by atoms with Gasteiger partial charge in [0.15, 0.2) is 0 Å². The summed E-state index contributed by atoms with van der Waals surface area (Å²) in [5.41, 5.74) is 0. The average molecular weight is 687 g/mol. The summed E-state index contributed by atoms with van der Waals surface area (Å²) in [6.45, 7) is 26.4. The number of nitrogens with zero attached hydrogens (tertiary/aromatic N) is 4. The molecule has 1 aliphatic heterocycles. The van der Waals surface area contributed by atoms with Crippen molar-refractivity contribution in [3.63, 3.8) is 0 Å². The summed E-state index contributed by atoms with van der Waals surface area (Å²) in [6.07, 6.45) is -2.46. The van der Waals surface area contributed by atoms with Crippen LogP contribution in [0.15, 0.2) is 48.4 Å². The maximum Gasteiger partial charge on any atom is 0.403 e. The Balaban J connectivity index is 3.35. The molecule has 0 radical (unpaired) electrons. The Kier molecular flexibility index (Phi) is 14.9. The Morgan fingerprint density at radius 1 is 0.372 bits per heavy atom. The van der Waals surface area contributed by atoms with Crippen LogP contribution in [0.2, 0.25) is 0 Å². The van der Waals surface area contributed by atoms with Crippen molar-refractivity contribution >= 4 is 30.6 Å². The first-order chi connectivity index (χ1) is 19.8. The van der Waals surface area contributed by atoms with E-state index in [0.717, 1.165) is 0 Å². The lowest BCUT2D eigenvalue weighted by Crippen LogP contribution is -2.14. The molecule has 0 amide bonds. The van der Waals surface area contributed by atoms with Crippen molar-refractivity contribution < 1.29 is 36.2 Å². The van der Waals surface area contributed by atoms with E-state index in [0.29, 0.717) is 5.75 Å². The van der Waals surface area contributed by atoms with Gasteiger partial charge in [0.05, 0.1) is 42.7 Å². The van der Waals surface area contributed by atoms with E-state index in [4.69, 9.17) is 54.3 Å². The summed E-state index contributed by atoms with van der Waals surface area (Å²) in [6, 6.07) is 9.23. The zero-order chi connectivity index (χ0) is 32.6. The quantitative estimate of drug-likeness (QED) is 0.157. The van der Waals surface area contributed by atoms with Crippen molar-refractivity contribution in [2.24, 2.45) is 18.1 Å². The van der Waals surface area contributed by atoms with E-state index >= 15 is 0 Å². The summed E-state index contributed by atoms with van der Waals surface area (Å²) in [5, 5.41) is 0. The second-order valence-electron chi connectivity index (χ2n) is 11.8. The average Bonchev–Trinajstić information content (AvgIpc) is 2.74. The van der Waals surface area contributed by atoms with Gasteiger partial charge in [-0.15, -0.1) is 18.1 Å². The first-order valence-corrected chi connectivity index (χ1v) is 21.0. The van der Waals surface area contributed by atoms with Crippen molar-refractivity contribution in [3.8, 4) is 5.75 Å². The van der Waals surface area contributed by atoms with Crippen LogP contribution >= 0.6 is 30.6 Å². The monoisotopic (exact) mass is 686 g/mol. The van der Waals surface area contributed by atoms with Crippen LogP contribution in [0.5, 0.6) is 5.75 Å². The van der Waals surface area contributed by atoms with Gasteiger partial charge in [0.1, 0.15) is 5.75 Å². The number of hydrogen-bond acceptors (Lipinski definition) is 12. The third-order valence-electron chi connectivity index (χ3n) is 4.31. The molecule has 0 saturated carbocycles. The van der Waals surface area contributed by atoms with Crippen LogP contribution in [0.3, 0.4) is 0 Å². The summed E-state index contributed by atoms with van der Waals surface area (Å²) in [4.78, 5) is 0. The maximum atomic E-state index is 6.66. The standard InChI is InChI=1S/C27H54N4O8P4/c1-20(2)32-40(33-21(3)4)28-41(34-22(5)6,35-23(7)8)30-43(38-26(13)14,39-27-18-16-15-17-19-27)31-42(29-40,36-24(9)10)37-25(11)12/h15-26H,1-14H3. The lowest BCUT2D eigenvalue weighted by atomic mass is 10.3. The molecule has 1 heterocycles. The number of benzene rings is 1. The summed E-state index contributed by atoms with van der Waals surface area (Å²) in [7, 11) is -14.8. The molecule has 1 atom stereocenters. The molecule has 1 aromatic rings. The van der Waals surface area contributed by atoms with E-state index in [1.165, 1.54) is 0 Å². The van der Waals surface area contributed by atoms with Gasteiger partial charge in [-0.3, -0.25) is 4.52 Å². The van der Waals surface area contributed by atoms with E-state index < -0.39 is 30.6 Å². The van der Waals surface area contributed by atoms with Crippen molar-refractivity contribution in [2.75, 3.05) is 0 Å². The minimum Gasteiger partial charge on any atom is -0.422 e. The molecule has 43 heavy (non-hydrogen) atoms. The Morgan fingerprint density at radius 3 is 0.884 bits per heavy atom. The molecule has 1 unspecified atom stereocenters. The van der Waals surface area contributed by atoms with Gasteiger partial charge in [-0.1, -0.05) is 18.2 Å². The number of para-hydroxylation sites is 1. The molecule has 0 spiro atoms. The Labute approximate surface area is 260 Å². The molecule has 0 fully saturated rings. The van der Waals surface area contributed by atoms with Gasteiger partial charge in [-0.25, -0.2) is 0 Å². The Hall–Kier alpha value is -0.340. The van der Waals surface area contributed by atoms with Gasteiger partial charge in [0.25, 0.3) is 0 Å². The SMILES string of the molecule is CC(C)OP1(Oc2ccccc2)=NP(OC(C)C)(OC(C)C)=NP(OC(C)C)(OC(C)C)=NP(OC(C)C)(OC(C)C)=N1. The van der Waals surface area contributed by atoms with Crippen molar-refractivity contribution in [1.82, 2.24) is 0 Å². The second-order valence-corrected chi connectivity index (χ2v) is 20.2. The van der Waals surface area contributed by atoms with Crippen molar-refractivity contribution in [1.29, 1.82) is 0 Å². The molecular formula is C27H54N4O8P4. The van der Waals surface area contributed by atoms with Crippen LogP contribution in [0.4, 0.5) is 0 Å². The molecule has 1 aliphatic rings. The predicted octanol–water partition coefficient (Wildman–Crippen LogP) is 11.8. The molecule has 12 nitrogen and oxygen atoms in total. The first-order valence-electron chi connectivity index (χ1n) is 14.9. The molecule has 0 bridgehead atoms. The van der Waals surface area contributed by atoms with Crippen LogP contribution < -0.4 is 4.52 Å². The van der Waals surface area contributed by atoms with Crippen molar-refractivity contribution in [3.05, 3.63) is 30.3 Å². The fourth-order valence-electron chi connectivity index (χ4n) is 3.61. The summed E-state index contributed by atoms with van der Waals surface area (Å²) in [5.74, 6) is 0.488. The predicted molar refractivity (Wildman–Crippen MR) is 178 cm³/mol. The molecule has 250 valence electrons. The minimum absolute atomic E-state index is 0.342. The Bertz CT molecular complexity index is 1190. The highest BCUT2D eigenvalue weighted by atomic mass is 31.3. The number of rotatable bonds is 16. The van der Waals surface area contributed by atoms with Gasteiger partial charge < -0.3 is 31.7 Å². The van der Waals surface area contributed by atoms with E-state index in [1.54, 1.807) is 0 Å². The van der Waals surface area contributed by atoms with E-state index in [1.807, 2.05) is 127 Å². The van der Waals surface area contributed by atoms with Gasteiger partial charge in [-0.2, -0.15) is 0 Å². The molecule has 16 heteroatoms. The van der Waals surface area contributed by atoms with E-state index in [-0.39, 0.29) is 42.7 Å². The fraction of sp³-hybridized carbons (Fsp3) is 0.778. The molecule has 1 aromatic carbocycles. The molecule has 0 aromatic heterocycles. The second kappa shape index (κ2) is 16.5. The smallest absolute Gasteiger partial charge is 0.403 e. The van der Waals surface area contributed by atoms with Gasteiger partial charge >= 0.3 is 30.6 Å². The van der Waals surface area contributed by atoms with Crippen LogP contribution in [-0.4, -0.2) is 42.7 Å². The molecule has 0 N–H and O–H groups in total. The van der Waals surface area contributed by atoms with Crippen LogP contribution in [0, 0.1) is 0 Å².